The zero-order chi connectivity index (χ0) is 9.94. The third-order valence-corrected chi connectivity index (χ3v) is 2.02. The van der Waals surface area contributed by atoms with Gasteiger partial charge in [-0.1, -0.05) is 0 Å². The number of hydrogen-bond acceptors (Lipinski definition) is 4. The summed E-state index contributed by atoms with van der Waals surface area (Å²) >= 11 is 0. The van der Waals surface area contributed by atoms with E-state index >= 15 is 0 Å². The van der Waals surface area contributed by atoms with Crippen molar-refractivity contribution in [2.45, 2.75) is 20.8 Å². The Morgan fingerprint density at radius 1 is 1.00 bits per heavy atom. The molecule has 0 rings (SSSR count). The van der Waals surface area contributed by atoms with E-state index in [1.807, 2.05) is 0 Å². The molecule has 4 nitrogen and oxygen atoms in total. The van der Waals surface area contributed by atoms with Crippen LogP contribution in [0.3, 0.4) is 0 Å². The van der Waals surface area contributed by atoms with Crippen molar-refractivity contribution in [3.63, 3.8) is 0 Å². The Kier molecular flexibility index (Phi) is 6.17. The van der Waals surface area contributed by atoms with Crippen LogP contribution in [-0.4, -0.2) is 23.2 Å². The van der Waals surface area contributed by atoms with Crippen molar-refractivity contribution in [3.8, 4) is 5.97 Å². The fourth-order valence-electron chi connectivity index (χ4n) is 1.13. The molecule has 0 aromatic rings. The van der Waals surface area contributed by atoms with Gasteiger partial charge in [-0.25, -0.2) is 5.26 Å². The van der Waals surface area contributed by atoms with Gasteiger partial charge in [-0.05, 0) is 37.8 Å². The Hall–Kier alpha value is -0.435. The van der Waals surface area contributed by atoms with Crippen LogP contribution < -0.4 is 29.6 Å². The molecule has 0 aliphatic heterocycles. The van der Waals surface area contributed by atoms with Crippen LogP contribution in [0.5, 0.6) is 0 Å². The second kappa shape index (κ2) is 5.33. The van der Waals surface area contributed by atoms with Crippen molar-refractivity contribution in [1.82, 2.24) is 0 Å². The van der Waals surface area contributed by atoms with Gasteiger partial charge >= 0.3 is 29.6 Å². The topological polar surface area (TPSA) is 75.0 Å². The molecular formula is C7H9BNNaO3. The third kappa shape index (κ3) is 2.50. The minimum atomic E-state index is -2.76. The smallest absolute Gasteiger partial charge is 0.344 e. The van der Waals surface area contributed by atoms with Crippen LogP contribution in [0.15, 0.2) is 0 Å². The monoisotopic (exact) mass is 189 g/mol. The number of nitrogens with zero attached hydrogens (tertiary/aromatic N) is 1. The summed E-state index contributed by atoms with van der Waals surface area (Å²) in [6.07, 6.45) is -2.76. The summed E-state index contributed by atoms with van der Waals surface area (Å²) in [6.45, 7) is 3.27. The molecule has 0 spiro atoms. The number of hydrogen-bond donors (Lipinski definition) is 0. The van der Waals surface area contributed by atoms with Crippen LogP contribution in [0.2, 0.25) is 0 Å². The summed E-state index contributed by atoms with van der Waals surface area (Å²) in [5.41, 5.74) is -1.97. The molecule has 13 heavy (non-hydrogen) atoms. The molecule has 0 aliphatic carbocycles. The summed E-state index contributed by atoms with van der Waals surface area (Å²) in [4.78, 5) is 32.8. The van der Waals surface area contributed by atoms with E-state index in [1.54, 1.807) is 0 Å². The fraction of sp³-hybridized carbons (Fsp3) is 0.429. The maximum atomic E-state index is 10.9. The molecule has 0 atom stereocenters. The first-order valence-electron chi connectivity index (χ1n) is 3.49. The summed E-state index contributed by atoms with van der Waals surface area (Å²) in [5.74, 6) is 1.53. The zero-order valence-corrected chi connectivity index (χ0v) is 10.2. The van der Waals surface area contributed by atoms with E-state index in [1.165, 1.54) is 5.97 Å². The zero-order valence-electron chi connectivity index (χ0n) is 8.25. The molecule has 6 heteroatoms. The molecule has 0 aromatic carbocycles. The van der Waals surface area contributed by atoms with E-state index < -0.39 is 23.2 Å². The molecule has 0 radical (unpaired) electrons. The first kappa shape index (κ1) is 15.1. The summed E-state index contributed by atoms with van der Waals surface area (Å²) in [5, 5.41) is 8.60. The van der Waals surface area contributed by atoms with Gasteiger partial charge in [0.25, 0.3) is 6.15 Å². The van der Waals surface area contributed by atoms with Gasteiger partial charge in [0.05, 0.1) is 0 Å². The molecule has 0 amide bonds. The second-order valence-corrected chi connectivity index (χ2v) is 2.83. The van der Waals surface area contributed by atoms with Crippen molar-refractivity contribution < 1.29 is 43.9 Å². The SMILES string of the molecule is CC(=O)[B-](C#N)(C(C)=O)C(C)=O.[Na+]. The largest absolute Gasteiger partial charge is 1.00 e. The first-order chi connectivity index (χ1) is 5.39. The Morgan fingerprint density at radius 2 is 1.23 bits per heavy atom. The molecule has 0 aromatic heterocycles. The Balaban J connectivity index is 0. The second-order valence-electron chi connectivity index (χ2n) is 2.83. The standard InChI is InChI=1S/C7H9BNO3.Na/c1-5(10)8(4-9,6(2)11)7(3)12;/h1-3H3;/q-1;+1. The summed E-state index contributed by atoms with van der Waals surface area (Å²) in [7, 11) is 0. The van der Waals surface area contributed by atoms with Crippen LogP contribution in [0.4, 0.5) is 0 Å². The summed E-state index contributed by atoms with van der Waals surface area (Å²) < 4.78 is 0. The maximum Gasteiger partial charge on any atom is 1.00 e. The van der Waals surface area contributed by atoms with E-state index in [2.05, 4.69) is 0 Å². The van der Waals surface area contributed by atoms with Gasteiger partial charge < -0.3 is 14.4 Å². The fourth-order valence-corrected chi connectivity index (χ4v) is 1.13. The van der Waals surface area contributed by atoms with Crippen LogP contribution >= 0.6 is 0 Å². The van der Waals surface area contributed by atoms with Crippen LogP contribution in [0.25, 0.3) is 0 Å². The molecule has 0 fully saturated rings. The van der Waals surface area contributed by atoms with E-state index in [4.69, 9.17) is 5.26 Å². The first-order valence-corrected chi connectivity index (χ1v) is 3.49. The van der Waals surface area contributed by atoms with Crippen molar-refractivity contribution >= 4 is 23.2 Å². The molecule has 0 bridgehead atoms. The molecule has 0 saturated carbocycles. The van der Waals surface area contributed by atoms with Crippen LogP contribution in [-0.2, 0) is 14.4 Å². The Morgan fingerprint density at radius 3 is 1.23 bits per heavy atom. The molecular weight excluding hydrogens is 180 g/mol. The van der Waals surface area contributed by atoms with Crippen LogP contribution in [0.1, 0.15) is 20.8 Å². The molecule has 0 N–H and O–H groups in total. The van der Waals surface area contributed by atoms with Gasteiger partial charge in [-0.15, -0.1) is 5.97 Å². The average Bonchev–Trinajstić information content (AvgIpc) is 1.86. The maximum absolute atomic E-state index is 10.9. The predicted octanol–water partition coefficient (Wildman–Crippen LogP) is -3.11. The third-order valence-electron chi connectivity index (χ3n) is 2.02. The average molecular weight is 189 g/mol. The van der Waals surface area contributed by atoms with Crippen molar-refractivity contribution in [2.24, 2.45) is 0 Å². The van der Waals surface area contributed by atoms with E-state index in [9.17, 15) is 14.4 Å². The van der Waals surface area contributed by atoms with E-state index in [0.717, 1.165) is 20.8 Å². The van der Waals surface area contributed by atoms with E-state index in [-0.39, 0.29) is 29.6 Å². The van der Waals surface area contributed by atoms with Gasteiger partial charge in [0, 0.05) is 0 Å². The van der Waals surface area contributed by atoms with Gasteiger partial charge in [0.15, 0.2) is 0 Å². The summed E-state index contributed by atoms with van der Waals surface area (Å²) in [6, 6.07) is 0. The molecule has 64 valence electrons. The minimum absolute atomic E-state index is 0. The number of carbonyl (C=O) groups excluding carboxylic acids is 3. The van der Waals surface area contributed by atoms with Crippen molar-refractivity contribution in [2.75, 3.05) is 0 Å². The Bertz CT molecular complexity index is 259. The number of nitriles is 1. The number of carbonyl (C=O) groups is 3. The van der Waals surface area contributed by atoms with Gasteiger partial charge in [-0.2, -0.15) is 0 Å². The van der Waals surface area contributed by atoms with E-state index in [0.29, 0.717) is 0 Å². The van der Waals surface area contributed by atoms with Crippen molar-refractivity contribution in [3.05, 3.63) is 0 Å². The van der Waals surface area contributed by atoms with Crippen molar-refractivity contribution in [1.29, 1.82) is 5.26 Å². The van der Waals surface area contributed by atoms with Gasteiger partial charge in [0.1, 0.15) is 0 Å². The van der Waals surface area contributed by atoms with Crippen LogP contribution in [0, 0.1) is 11.2 Å². The normalized spacial score (nSPS) is 9.38. The molecule has 0 heterocycles. The predicted molar refractivity (Wildman–Crippen MR) is 43.4 cm³/mol. The minimum Gasteiger partial charge on any atom is -0.344 e. The molecule has 0 unspecified atom stereocenters. The molecule has 0 aliphatic rings. The quantitative estimate of drug-likeness (QED) is 0.440. The molecule has 0 saturated heterocycles. The number of rotatable bonds is 3. The van der Waals surface area contributed by atoms with Gasteiger partial charge in [-0.3, -0.25) is 0 Å². The van der Waals surface area contributed by atoms with Gasteiger partial charge in [0.2, 0.25) is 0 Å². The Labute approximate surface area is 98.9 Å².